The first kappa shape index (κ1) is 21.2. The molecule has 3 rings (SSSR count). The second kappa shape index (κ2) is 9.78. The van der Waals surface area contributed by atoms with Crippen LogP contribution in [0.3, 0.4) is 0 Å². The van der Waals surface area contributed by atoms with Gasteiger partial charge in [0.05, 0.1) is 16.6 Å². The summed E-state index contributed by atoms with van der Waals surface area (Å²) in [6, 6.07) is 3.93. The number of rotatable bonds is 9. The smallest absolute Gasteiger partial charge is 0.264 e. The lowest BCUT2D eigenvalue weighted by Gasteiger charge is -2.20. The fraction of sp³-hybridized carbons (Fsp3) is 0.455. The number of pyridine rings is 1. The molecule has 0 bridgehead atoms. The molecular formula is C22H28N4O2S. The molecule has 29 heavy (non-hydrogen) atoms. The van der Waals surface area contributed by atoms with Gasteiger partial charge in [-0.05, 0) is 49.9 Å². The van der Waals surface area contributed by atoms with Crippen LogP contribution >= 0.6 is 11.3 Å². The molecule has 0 spiro atoms. The van der Waals surface area contributed by atoms with Gasteiger partial charge < -0.3 is 4.90 Å². The maximum Gasteiger partial charge on any atom is 0.264 e. The number of hydrogen-bond donors (Lipinski definition) is 0. The normalized spacial score (nSPS) is 11.1. The predicted octanol–water partition coefficient (Wildman–Crippen LogP) is 4.06. The second-order valence-electron chi connectivity index (χ2n) is 7.18. The largest absolute Gasteiger partial charge is 0.338 e. The molecule has 6 nitrogen and oxygen atoms in total. The average Bonchev–Trinajstić information content (AvgIpc) is 3.08. The van der Waals surface area contributed by atoms with Crippen LogP contribution in [0.4, 0.5) is 0 Å². The predicted molar refractivity (Wildman–Crippen MR) is 118 cm³/mol. The highest BCUT2D eigenvalue weighted by Crippen LogP contribution is 2.28. The van der Waals surface area contributed by atoms with Gasteiger partial charge in [0.2, 0.25) is 0 Å². The van der Waals surface area contributed by atoms with Gasteiger partial charge in [-0.2, -0.15) is 0 Å². The van der Waals surface area contributed by atoms with Crippen molar-refractivity contribution in [1.29, 1.82) is 0 Å². The van der Waals surface area contributed by atoms with E-state index in [1.165, 1.54) is 11.3 Å². The summed E-state index contributed by atoms with van der Waals surface area (Å²) in [5, 5.41) is 0.586. The lowest BCUT2D eigenvalue weighted by molar-refractivity contribution is 0.0770. The highest BCUT2D eigenvalue weighted by atomic mass is 32.1. The Morgan fingerprint density at radius 2 is 1.97 bits per heavy atom. The van der Waals surface area contributed by atoms with Gasteiger partial charge in [0, 0.05) is 32.0 Å². The van der Waals surface area contributed by atoms with E-state index in [0.29, 0.717) is 34.7 Å². The first-order valence-corrected chi connectivity index (χ1v) is 11.0. The molecule has 0 saturated heterocycles. The maximum atomic E-state index is 13.2. The molecule has 3 heterocycles. The van der Waals surface area contributed by atoms with E-state index in [1.807, 2.05) is 30.9 Å². The van der Waals surface area contributed by atoms with Gasteiger partial charge in [-0.25, -0.2) is 4.98 Å². The zero-order valence-corrected chi connectivity index (χ0v) is 18.2. The van der Waals surface area contributed by atoms with Crippen LogP contribution in [0.25, 0.3) is 10.2 Å². The van der Waals surface area contributed by atoms with Gasteiger partial charge >= 0.3 is 0 Å². The quantitative estimate of drug-likeness (QED) is 0.497. The number of aromatic nitrogens is 3. The van der Waals surface area contributed by atoms with Crippen molar-refractivity contribution in [2.75, 3.05) is 13.1 Å². The summed E-state index contributed by atoms with van der Waals surface area (Å²) < 4.78 is 1.67. The second-order valence-corrected chi connectivity index (χ2v) is 8.18. The van der Waals surface area contributed by atoms with Gasteiger partial charge in [0.25, 0.3) is 11.5 Å². The molecule has 7 heteroatoms. The number of nitrogens with zero attached hydrogens (tertiary/aromatic N) is 4. The van der Waals surface area contributed by atoms with Gasteiger partial charge in [-0.1, -0.05) is 19.8 Å². The van der Waals surface area contributed by atoms with Crippen LogP contribution in [0.5, 0.6) is 0 Å². The number of unbranched alkanes of at least 4 members (excludes halogenated alkanes) is 2. The Morgan fingerprint density at radius 3 is 2.66 bits per heavy atom. The summed E-state index contributed by atoms with van der Waals surface area (Å²) in [6.07, 6.45) is 9.06. The van der Waals surface area contributed by atoms with E-state index in [1.54, 1.807) is 23.3 Å². The number of carbonyl (C=O) groups excluding carboxylic acids is 1. The molecule has 0 aromatic carbocycles. The Morgan fingerprint density at radius 1 is 1.21 bits per heavy atom. The zero-order valence-electron chi connectivity index (χ0n) is 17.4. The summed E-state index contributed by atoms with van der Waals surface area (Å²) in [5.74, 6) is -0.0287. The van der Waals surface area contributed by atoms with Crippen molar-refractivity contribution in [2.45, 2.75) is 53.0 Å². The molecule has 0 unspecified atom stereocenters. The minimum atomic E-state index is -0.0428. The average molecular weight is 413 g/mol. The molecular weight excluding hydrogens is 384 g/mol. The monoisotopic (exact) mass is 412 g/mol. The van der Waals surface area contributed by atoms with Gasteiger partial charge in [0.1, 0.15) is 4.83 Å². The Kier molecular flexibility index (Phi) is 7.14. The maximum absolute atomic E-state index is 13.2. The number of thiophene rings is 1. The van der Waals surface area contributed by atoms with E-state index in [9.17, 15) is 9.59 Å². The van der Waals surface area contributed by atoms with Crippen molar-refractivity contribution in [3.8, 4) is 0 Å². The molecule has 0 atom stereocenters. The number of likely N-dealkylation sites (N-methyl/N-ethyl adjacent to an activating group) is 1. The van der Waals surface area contributed by atoms with E-state index >= 15 is 0 Å². The Labute approximate surface area is 175 Å². The molecule has 3 aromatic rings. The molecule has 1 amide bonds. The molecule has 0 fully saturated rings. The zero-order chi connectivity index (χ0) is 20.8. The van der Waals surface area contributed by atoms with Crippen LogP contribution in [0, 0.1) is 6.92 Å². The Bertz CT molecular complexity index is 1030. The first-order valence-electron chi connectivity index (χ1n) is 10.2. The van der Waals surface area contributed by atoms with Crippen LogP contribution in [-0.4, -0.2) is 38.4 Å². The summed E-state index contributed by atoms with van der Waals surface area (Å²) in [6.45, 7) is 7.89. The minimum Gasteiger partial charge on any atom is -0.338 e. The van der Waals surface area contributed by atoms with E-state index in [2.05, 4.69) is 16.9 Å². The van der Waals surface area contributed by atoms with E-state index in [4.69, 9.17) is 0 Å². The third-order valence-electron chi connectivity index (χ3n) is 5.20. The summed E-state index contributed by atoms with van der Waals surface area (Å²) in [7, 11) is 0. The van der Waals surface area contributed by atoms with Crippen molar-refractivity contribution in [1.82, 2.24) is 19.4 Å². The number of fused-ring (bicyclic) bond motifs is 1. The van der Waals surface area contributed by atoms with E-state index < -0.39 is 0 Å². The molecule has 0 radical (unpaired) electrons. The van der Waals surface area contributed by atoms with Gasteiger partial charge in [-0.3, -0.25) is 19.1 Å². The van der Waals surface area contributed by atoms with Crippen molar-refractivity contribution >= 4 is 27.5 Å². The van der Waals surface area contributed by atoms with E-state index in [0.717, 1.165) is 36.8 Å². The van der Waals surface area contributed by atoms with Crippen molar-refractivity contribution in [2.24, 2.45) is 0 Å². The highest BCUT2D eigenvalue weighted by molar-refractivity contribution is 7.20. The number of aryl methyl sites for hydroxylation is 2. The molecule has 0 saturated carbocycles. The standard InChI is InChI=1S/C22H28N4O2S/c1-4-6-7-13-26-15-24-20-18(21(26)27)16(3)19(29-20)22(28)25(5-2)14-10-17-8-11-23-12-9-17/h8-9,11-12,15H,4-7,10,13-14H2,1-3H3. The highest BCUT2D eigenvalue weighted by Gasteiger charge is 2.23. The lowest BCUT2D eigenvalue weighted by atomic mass is 10.1. The third-order valence-corrected chi connectivity index (χ3v) is 6.39. The number of hydrogen-bond acceptors (Lipinski definition) is 5. The van der Waals surface area contributed by atoms with Crippen LogP contribution in [-0.2, 0) is 13.0 Å². The first-order chi connectivity index (χ1) is 14.1. The van der Waals surface area contributed by atoms with Crippen LogP contribution in [0.1, 0.15) is 53.9 Å². The summed E-state index contributed by atoms with van der Waals surface area (Å²) in [5.41, 5.74) is 1.86. The SMILES string of the molecule is CCCCCn1cnc2sc(C(=O)N(CC)CCc3ccncc3)c(C)c2c1=O. The van der Waals surface area contributed by atoms with Crippen molar-refractivity contribution < 1.29 is 4.79 Å². The fourth-order valence-electron chi connectivity index (χ4n) is 3.42. The van der Waals surface area contributed by atoms with E-state index in [-0.39, 0.29) is 11.5 Å². The third kappa shape index (κ3) is 4.72. The fourth-order valence-corrected chi connectivity index (χ4v) is 4.52. The van der Waals surface area contributed by atoms with Crippen LogP contribution < -0.4 is 5.56 Å². The van der Waals surface area contributed by atoms with Crippen molar-refractivity contribution in [3.05, 3.63) is 57.2 Å². The van der Waals surface area contributed by atoms with Crippen LogP contribution in [0.15, 0.2) is 35.6 Å². The summed E-state index contributed by atoms with van der Waals surface area (Å²) in [4.78, 5) is 37.7. The number of amides is 1. The number of carbonyl (C=O) groups is 1. The summed E-state index contributed by atoms with van der Waals surface area (Å²) >= 11 is 1.32. The van der Waals surface area contributed by atoms with Gasteiger partial charge in [0.15, 0.2) is 0 Å². The molecule has 0 N–H and O–H groups in total. The molecule has 0 aliphatic carbocycles. The van der Waals surface area contributed by atoms with Crippen molar-refractivity contribution in [3.63, 3.8) is 0 Å². The Hall–Kier alpha value is -2.54. The molecule has 0 aliphatic rings. The molecule has 154 valence electrons. The van der Waals surface area contributed by atoms with Crippen LogP contribution in [0.2, 0.25) is 0 Å². The Balaban J connectivity index is 1.84. The topological polar surface area (TPSA) is 68.1 Å². The van der Waals surface area contributed by atoms with Gasteiger partial charge in [-0.15, -0.1) is 11.3 Å². The molecule has 0 aliphatic heterocycles. The lowest BCUT2D eigenvalue weighted by Crippen LogP contribution is -2.32. The minimum absolute atomic E-state index is 0.0287. The molecule has 3 aromatic heterocycles.